The molecule has 0 fully saturated rings. The van der Waals surface area contributed by atoms with Gasteiger partial charge in [0.25, 0.3) is 0 Å². The molecule has 0 atom stereocenters. The van der Waals surface area contributed by atoms with Gasteiger partial charge in [-0.05, 0) is 17.6 Å². The molecule has 0 saturated heterocycles. The number of hydrogen-bond acceptors (Lipinski definition) is 0. The van der Waals surface area contributed by atoms with Crippen molar-refractivity contribution in [2.75, 3.05) is 0 Å². The van der Waals surface area contributed by atoms with E-state index in [4.69, 9.17) is 0 Å². The number of rotatable bonds is 0. The van der Waals surface area contributed by atoms with Gasteiger partial charge in [-0.15, -0.1) is 0 Å². The third-order valence-corrected chi connectivity index (χ3v) is 2.55. The Morgan fingerprint density at radius 1 is 1.33 bits per heavy atom. The minimum Gasteiger partial charge on any atom is -0.0801 e. The molecule has 0 bridgehead atoms. The molecule has 62 valence electrons. The summed E-state index contributed by atoms with van der Waals surface area (Å²) in [6, 6.07) is 0. The first-order valence-corrected chi connectivity index (χ1v) is 4.47. The predicted octanol–water partition coefficient (Wildman–Crippen LogP) is 3.40. The Hall–Kier alpha value is -1.04. The molecule has 0 heteroatoms. The lowest BCUT2D eigenvalue weighted by Gasteiger charge is -2.29. The van der Waals surface area contributed by atoms with Crippen LogP contribution in [-0.4, -0.2) is 0 Å². The number of hydrogen-bond donors (Lipinski definition) is 0. The van der Waals surface area contributed by atoms with Gasteiger partial charge < -0.3 is 0 Å². The molecule has 2 rings (SSSR count). The van der Waals surface area contributed by atoms with Crippen molar-refractivity contribution in [2.24, 2.45) is 5.41 Å². The van der Waals surface area contributed by atoms with E-state index in [1.807, 2.05) is 0 Å². The summed E-state index contributed by atoms with van der Waals surface area (Å²) in [6.07, 6.45) is 14.5. The lowest BCUT2D eigenvalue weighted by Crippen LogP contribution is -2.16. The molecule has 0 heterocycles. The molecule has 0 aromatic rings. The van der Waals surface area contributed by atoms with Gasteiger partial charge in [0.2, 0.25) is 0 Å². The van der Waals surface area contributed by atoms with Crippen molar-refractivity contribution in [3.8, 4) is 0 Å². The fraction of sp³-hybridized carbons (Fsp3) is 0.333. The van der Waals surface area contributed by atoms with Crippen LogP contribution in [0, 0.1) is 5.41 Å². The Morgan fingerprint density at radius 2 is 2.17 bits per heavy atom. The third-order valence-electron chi connectivity index (χ3n) is 2.55. The second-order valence-corrected chi connectivity index (χ2v) is 3.96. The fourth-order valence-electron chi connectivity index (χ4n) is 1.85. The summed E-state index contributed by atoms with van der Waals surface area (Å²) in [6.45, 7) is 4.53. The Kier molecular flexibility index (Phi) is 1.57. The first-order chi connectivity index (χ1) is 5.70. The zero-order chi connectivity index (χ0) is 8.60. The summed E-state index contributed by atoms with van der Waals surface area (Å²) in [4.78, 5) is 0. The van der Waals surface area contributed by atoms with Gasteiger partial charge in [-0.2, -0.15) is 0 Å². The highest BCUT2D eigenvalue weighted by Crippen LogP contribution is 2.38. The van der Waals surface area contributed by atoms with Crippen molar-refractivity contribution in [3.63, 3.8) is 0 Å². The molecule has 0 aromatic carbocycles. The monoisotopic (exact) mass is 158 g/mol. The van der Waals surface area contributed by atoms with Crippen molar-refractivity contribution in [1.29, 1.82) is 0 Å². The standard InChI is InChI=1S/C12H14/c1-12(2)9-5-7-10-6-3-4-8-11(10)12/h3,5-9H,4H2,1-2H3. The molecule has 0 N–H and O–H groups in total. The van der Waals surface area contributed by atoms with E-state index in [0.717, 1.165) is 6.42 Å². The van der Waals surface area contributed by atoms with E-state index in [1.54, 1.807) is 0 Å². The number of allylic oxidation sites excluding steroid dienone is 8. The van der Waals surface area contributed by atoms with E-state index < -0.39 is 0 Å². The van der Waals surface area contributed by atoms with Crippen LogP contribution >= 0.6 is 0 Å². The van der Waals surface area contributed by atoms with Gasteiger partial charge in [0.1, 0.15) is 0 Å². The van der Waals surface area contributed by atoms with Crippen molar-refractivity contribution in [1.82, 2.24) is 0 Å². The van der Waals surface area contributed by atoms with Crippen LogP contribution in [0.5, 0.6) is 0 Å². The normalized spacial score (nSPS) is 24.5. The van der Waals surface area contributed by atoms with Gasteiger partial charge in [0.05, 0.1) is 0 Å². The largest absolute Gasteiger partial charge is 0.0801 e. The highest BCUT2D eigenvalue weighted by molar-refractivity contribution is 5.52. The van der Waals surface area contributed by atoms with Crippen molar-refractivity contribution < 1.29 is 0 Å². The van der Waals surface area contributed by atoms with Crippen LogP contribution in [0.15, 0.2) is 47.6 Å². The van der Waals surface area contributed by atoms with Crippen LogP contribution in [0.1, 0.15) is 20.3 Å². The molecule has 2 aliphatic rings. The maximum Gasteiger partial charge on any atom is 0.00813 e. The Balaban J connectivity index is 2.47. The maximum absolute atomic E-state index is 2.33. The van der Waals surface area contributed by atoms with Gasteiger partial charge in [-0.3, -0.25) is 0 Å². The Bertz CT molecular complexity index is 309. The summed E-state index contributed by atoms with van der Waals surface area (Å²) in [5.74, 6) is 0. The predicted molar refractivity (Wildman–Crippen MR) is 52.8 cm³/mol. The zero-order valence-corrected chi connectivity index (χ0v) is 7.67. The van der Waals surface area contributed by atoms with Crippen molar-refractivity contribution >= 4 is 0 Å². The molecule has 0 aliphatic heterocycles. The van der Waals surface area contributed by atoms with Crippen LogP contribution in [0.4, 0.5) is 0 Å². The first-order valence-electron chi connectivity index (χ1n) is 4.47. The molecule has 0 amide bonds. The van der Waals surface area contributed by atoms with E-state index in [9.17, 15) is 0 Å². The first kappa shape index (κ1) is 7.60. The van der Waals surface area contributed by atoms with Crippen molar-refractivity contribution in [3.05, 3.63) is 47.6 Å². The molecule has 0 nitrogen and oxygen atoms in total. The minimum absolute atomic E-state index is 0.231. The van der Waals surface area contributed by atoms with Crippen molar-refractivity contribution in [2.45, 2.75) is 20.3 Å². The summed E-state index contributed by atoms with van der Waals surface area (Å²) < 4.78 is 0. The summed E-state index contributed by atoms with van der Waals surface area (Å²) in [5, 5.41) is 0. The molecule has 0 unspecified atom stereocenters. The molecular formula is C12H14. The second-order valence-electron chi connectivity index (χ2n) is 3.96. The zero-order valence-electron chi connectivity index (χ0n) is 7.67. The topological polar surface area (TPSA) is 0 Å². The van der Waals surface area contributed by atoms with Gasteiger partial charge in [0.15, 0.2) is 0 Å². The quantitative estimate of drug-likeness (QED) is 0.507. The molecule has 12 heavy (non-hydrogen) atoms. The summed E-state index contributed by atoms with van der Waals surface area (Å²) in [7, 11) is 0. The summed E-state index contributed by atoms with van der Waals surface area (Å²) >= 11 is 0. The molecule has 0 spiro atoms. The molecule has 0 saturated carbocycles. The Morgan fingerprint density at radius 3 is 2.92 bits per heavy atom. The van der Waals surface area contributed by atoms with E-state index in [2.05, 4.69) is 50.3 Å². The highest BCUT2D eigenvalue weighted by Gasteiger charge is 2.24. The average Bonchev–Trinajstić information content (AvgIpc) is 2.04. The van der Waals surface area contributed by atoms with Gasteiger partial charge in [-0.1, -0.05) is 50.3 Å². The maximum atomic E-state index is 2.33. The van der Waals surface area contributed by atoms with E-state index >= 15 is 0 Å². The van der Waals surface area contributed by atoms with Crippen LogP contribution in [-0.2, 0) is 0 Å². The average molecular weight is 158 g/mol. The fourth-order valence-corrected chi connectivity index (χ4v) is 1.85. The second kappa shape index (κ2) is 2.48. The molecule has 2 aliphatic carbocycles. The van der Waals surface area contributed by atoms with Crippen LogP contribution in [0.3, 0.4) is 0 Å². The lowest BCUT2D eigenvalue weighted by atomic mass is 9.75. The van der Waals surface area contributed by atoms with E-state index in [0.29, 0.717) is 0 Å². The lowest BCUT2D eigenvalue weighted by molar-refractivity contribution is 0.581. The number of fused-ring (bicyclic) bond motifs is 1. The Labute approximate surface area is 74.0 Å². The molecular weight excluding hydrogens is 144 g/mol. The highest BCUT2D eigenvalue weighted by atomic mass is 14.3. The van der Waals surface area contributed by atoms with Gasteiger partial charge in [-0.25, -0.2) is 0 Å². The SMILES string of the molecule is CC1(C)C=CC=C2C=CCC=C21. The van der Waals surface area contributed by atoms with Gasteiger partial charge in [0, 0.05) is 5.41 Å². The molecule has 0 aromatic heterocycles. The van der Waals surface area contributed by atoms with Crippen LogP contribution < -0.4 is 0 Å². The minimum atomic E-state index is 0.231. The smallest absolute Gasteiger partial charge is 0.00813 e. The molecule has 0 radical (unpaired) electrons. The van der Waals surface area contributed by atoms with E-state index in [1.165, 1.54) is 11.1 Å². The van der Waals surface area contributed by atoms with Crippen LogP contribution in [0.2, 0.25) is 0 Å². The van der Waals surface area contributed by atoms with E-state index in [-0.39, 0.29) is 5.41 Å². The van der Waals surface area contributed by atoms with Gasteiger partial charge >= 0.3 is 0 Å². The third kappa shape index (κ3) is 1.08. The van der Waals surface area contributed by atoms with Crippen LogP contribution in [0.25, 0.3) is 0 Å². The summed E-state index contributed by atoms with van der Waals surface area (Å²) in [5.41, 5.74) is 3.09.